The van der Waals surface area contributed by atoms with Gasteiger partial charge in [-0.3, -0.25) is 0 Å². The molecule has 2 N–H and O–H groups in total. The van der Waals surface area contributed by atoms with Gasteiger partial charge in [-0.15, -0.1) is 0 Å². The Labute approximate surface area is 367 Å². The summed E-state index contributed by atoms with van der Waals surface area (Å²) in [7, 11) is 3.32. The molecule has 0 aromatic heterocycles. The van der Waals surface area contributed by atoms with Gasteiger partial charge in [-0.2, -0.15) is 0 Å². The summed E-state index contributed by atoms with van der Waals surface area (Å²) in [6.45, 7) is 13.1. The third-order valence-electron chi connectivity index (χ3n) is 16.2. The summed E-state index contributed by atoms with van der Waals surface area (Å²) >= 11 is 0. The van der Waals surface area contributed by atoms with Crippen LogP contribution in [-0.4, -0.2) is 50.8 Å². The number of carbonyl (C=O) groups is 1. The highest BCUT2D eigenvalue weighted by molar-refractivity contribution is 5.67. The van der Waals surface area contributed by atoms with Crippen LogP contribution in [0.3, 0.4) is 0 Å². The zero-order chi connectivity index (χ0) is 43.2. The standard InChI is InChI=1S/C54H75NO6/c1-37(2)12-11-13-38(3)48-26-27-49-47-25-20-42-36-46(28-32-52(42,4)50(47)29-33-53(48,49)5)61-51(57)55-34-30-43(56)31-35-60-54(39-14-9-8-10-15-39,40-16-21-44(58-6)22-17-40)41-18-23-45(59-7)24-19-41/h8-10,14-24,37-38,43,46-50,56H,11-13,25-36H2,1-7H3,(H,55,57)/t38-,43?,46+,47+,48-,49+,50+,52+,53-/m1/s1. The van der Waals surface area contributed by atoms with Gasteiger partial charge in [-0.05, 0) is 145 Å². The minimum Gasteiger partial charge on any atom is -0.497 e. The second-order valence-corrected chi connectivity index (χ2v) is 20.1. The number of amides is 1. The Kier molecular flexibility index (Phi) is 14.6. The van der Waals surface area contributed by atoms with E-state index in [4.69, 9.17) is 18.9 Å². The van der Waals surface area contributed by atoms with Crippen LogP contribution in [0, 0.1) is 46.3 Å². The highest BCUT2D eigenvalue weighted by Gasteiger charge is 2.59. The first-order valence-corrected chi connectivity index (χ1v) is 23.7. The quantitative estimate of drug-likeness (QED) is 0.0981. The van der Waals surface area contributed by atoms with Crippen LogP contribution in [0.25, 0.3) is 0 Å². The van der Waals surface area contributed by atoms with Crippen LogP contribution in [0.15, 0.2) is 90.5 Å². The van der Waals surface area contributed by atoms with Crippen molar-refractivity contribution in [2.24, 2.45) is 46.3 Å². The molecule has 0 bridgehead atoms. The fourth-order valence-electron chi connectivity index (χ4n) is 12.9. The average Bonchev–Trinajstić information content (AvgIpc) is 3.63. The molecule has 0 aliphatic heterocycles. The van der Waals surface area contributed by atoms with E-state index >= 15 is 0 Å². The first-order valence-electron chi connectivity index (χ1n) is 23.7. The van der Waals surface area contributed by atoms with Crippen LogP contribution in [0.1, 0.15) is 135 Å². The first-order chi connectivity index (χ1) is 29.4. The summed E-state index contributed by atoms with van der Waals surface area (Å²) in [5.74, 6) is 6.39. The Hall–Kier alpha value is -3.81. The Morgan fingerprint density at radius 2 is 1.44 bits per heavy atom. The molecule has 7 heteroatoms. The van der Waals surface area contributed by atoms with Gasteiger partial charge in [-0.1, -0.05) is 120 Å². The van der Waals surface area contributed by atoms with Gasteiger partial charge >= 0.3 is 6.09 Å². The van der Waals surface area contributed by atoms with Crippen molar-refractivity contribution in [2.75, 3.05) is 27.4 Å². The highest BCUT2D eigenvalue weighted by atomic mass is 16.6. The molecule has 3 aromatic carbocycles. The lowest BCUT2D eigenvalue weighted by molar-refractivity contribution is -0.0581. The fraction of sp³-hybridized carbons (Fsp3) is 0.611. The normalized spacial score (nSPS) is 28.1. The number of alkyl carbamates (subject to hydrolysis) is 1. The van der Waals surface area contributed by atoms with Crippen LogP contribution in [-0.2, 0) is 15.1 Å². The van der Waals surface area contributed by atoms with Gasteiger partial charge in [0.25, 0.3) is 0 Å². The molecule has 0 spiro atoms. The first kappa shape index (κ1) is 45.2. The molecule has 0 saturated heterocycles. The number of aliphatic hydroxyl groups excluding tert-OH is 1. The fourth-order valence-corrected chi connectivity index (χ4v) is 12.9. The van der Waals surface area contributed by atoms with Crippen molar-refractivity contribution in [3.8, 4) is 11.5 Å². The monoisotopic (exact) mass is 834 g/mol. The second-order valence-electron chi connectivity index (χ2n) is 20.1. The largest absolute Gasteiger partial charge is 0.497 e. The zero-order valence-electron chi connectivity index (χ0n) is 38.3. The van der Waals surface area contributed by atoms with Crippen LogP contribution in [0.5, 0.6) is 11.5 Å². The molecule has 61 heavy (non-hydrogen) atoms. The topological polar surface area (TPSA) is 86.2 Å². The second kappa shape index (κ2) is 19.7. The zero-order valence-corrected chi connectivity index (χ0v) is 38.3. The lowest BCUT2D eigenvalue weighted by Gasteiger charge is -2.58. The van der Waals surface area contributed by atoms with Gasteiger partial charge in [0.1, 0.15) is 23.2 Å². The number of hydrogen-bond donors (Lipinski definition) is 2. The molecular weight excluding hydrogens is 759 g/mol. The summed E-state index contributed by atoms with van der Waals surface area (Å²) < 4.78 is 23.9. The molecule has 4 aliphatic rings. The van der Waals surface area contributed by atoms with E-state index in [1.165, 1.54) is 56.9 Å². The maximum absolute atomic E-state index is 13.1. The summed E-state index contributed by atoms with van der Waals surface area (Å²) in [5, 5.41) is 14.1. The number of methoxy groups -OCH3 is 2. The number of benzene rings is 3. The van der Waals surface area contributed by atoms with Gasteiger partial charge in [0.05, 0.1) is 26.9 Å². The third-order valence-corrected chi connectivity index (χ3v) is 16.2. The third kappa shape index (κ3) is 9.59. The highest BCUT2D eigenvalue weighted by Crippen LogP contribution is 2.67. The van der Waals surface area contributed by atoms with Gasteiger partial charge < -0.3 is 29.4 Å². The molecule has 332 valence electrons. The molecule has 9 atom stereocenters. The lowest BCUT2D eigenvalue weighted by Crippen LogP contribution is -2.51. The minimum atomic E-state index is -0.950. The van der Waals surface area contributed by atoms with Crippen molar-refractivity contribution in [3.63, 3.8) is 0 Å². The molecule has 0 radical (unpaired) electrons. The van der Waals surface area contributed by atoms with Crippen LogP contribution < -0.4 is 14.8 Å². The summed E-state index contributed by atoms with van der Waals surface area (Å²) in [4.78, 5) is 13.1. The summed E-state index contributed by atoms with van der Waals surface area (Å²) in [6.07, 6.45) is 15.9. The van der Waals surface area contributed by atoms with E-state index in [0.29, 0.717) is 24.8 Å². The molecular formula is C54H75NO6. The van der Waals surface area contributed by atoms with E-state index in [9.17, 15) is 9.90 Å². The number of hydrogen-bond acceptors (Lipinski definition) is 6. The number of nitrogens with one attached hydrogen (secondary N) is 1. The van der Waals surface area contributed by atoms with E-state index in [-0.39, 0.29) is 24.2 Å². The van der Waals surface area contributed by atoms with Crippen LogP contribution in [0.2, 0.25) is 0 Å². The van der Waals surface area contributed by atoms with E-state index in [0.717, 1.165) is 83.0 Å². The smallest absolute Gasteiger partial charge is 0.407 e. The maximum Gasteiger partial charge on any atom is 0.407 e. The molecule has 3 aromatic rings. The van der Waals surface area contributed by atoms with Crippen LogP contribution >= 0.6 is 0 Å². The van der Waals surface area contributed by atoms with E-state index < -0.39 is 11.7 Å². The molecule has 1 unspecified atom stereocenters. The maximum atomic E-state index is 13.1. The SMILES string of the molecule is COc1ccc(C(OCCC(O)CCNC(=O)O[C@H]2CC[C@@]3(C)C(=CC[C@H]4[C@@H]5CC[C@H]([C@H](C)CCCC(C)C)[C@@]5(C)CC[C@@H]43)C2)(c2ccccc2)c2ccc(OC)cc2)cc1. The Morgan fingerprint density at radius 3 is 2.08 bits per heavy atom. The predicted molar refractivity (Wildman–Crippen MR) is 245 cm³/mol. The molecule has 3 fully saturated rings. The van der Waals surface area contributed by atoms with Crippen molar-refractivity contribution in [2.45, 2.75) is 136 Å². The summed E-state index contributed by atoms with van der Waals surface area (Å²) in [6, 6.07) is 26.1. The molecule has 1 amide bonds. The molecule has 7 nitrogen and oxygen atoms in total. The number of fused-ring (bicyclic) bond motifs is 5. The molecule has 0 heterocycles. The van der Waals surface area contributed by atoms with Crippen molar-refractivity contribution < 1.29 is 28.8 Å². The Morgan fingerprint density at radius 1 is 0.787 bits per heavy atom. The van der Waals surface area contributed by atoms with E-state index in [2.05, 4.69) is 58.1 Å². The van der Waals surface area contributed by atoms with Crippen molar-refractivity contribution >= 4 is 6.09 Å². The van der Waals surface area contributed by atoms with E-state index in [1.807, 2.05) is 66.7 Å². The predicted octanol–water partition coefficient (Wildman–Crippen LogP) is 12.3. The van der Waals surface area contributed by atoms with Crippen molar-refractivity contribution in [3.05, 3.63) is 107 Å². The van der Waals surface area contributed by atoms with Gasteiger partial charge in [0.15, 0.2) is 0 Å². The Balaban J connectivity index is 0.909. The average molecular weight is 834 g/mol. The summed E-state index contributed by atoms with van der Waals surface area (Å²) in [5.41, 5.74) is 4.14. The minimum absolute atomic E-state index is 0.104. The molecule has 7 rings (SSSR count). The van der Waals surface area contributed by atoms with Crippen molar-refractivity contribution in [1.82, 2.24) is 5.32 Å². The van der Waals surface area contributed by atoms with Crippen LogP contribution in [0.4, 0.5) is 4.79 Å². The van der Waals surface area contributed by atoms with Crippen molar-refractivity contribution in [1.29, 1.82) is 0 Å². The van der Waals surface area contributed by atoms with Gasteiger partial charge in [0, 0.05) is 13.0 Å². The van der Waals surface area contributed by atoms with Gasteiger partial charge in [-0.25, -0.2) is 4.79 Å². The molecule has 4 aliphatic carbocycles. The lowest BCUT2D eigenvalue weighted by atomic mass is 9.47. The van der Waals surface area contributed by atoms with E-state index in [1.54, 1.807) is 14.2 Å². The number of allylic oxidation sites excluding steroid dienone is 1. The van der Waals surface area contributed by atoms with Gasteiger partial charge in [0.2, 0.25) is 0 Å². The Bertz CT molecular complexity index is 1840. The number of rotatable bonds is 18. The molecule has 3 saturated carbocycles. The number of aliphatic hydroxyl groups is 1. The number of ether oxygens (including phenoxy) is 4. The number of carbonyl (C=O) groups excluding carboxylic acids is 1.